The first kappa shape index (κ1) is 15.0. The van der Waals surface area contributed by atoms with Crippen molar-refractivity contribution in [1.29, 1.82) is 0 Å². The van der Waals surface area contributed by atoms with Gasteiger partial charge in [-0.15, -0.1) is 0 Å². The van der Waals surface area contributed by atoms with Gasteiger partial charge < -0.3 is 10.5 Å². The number of hydrogen-bond acceptors (Lipinski definition) is 5. The maximum atomic E-state index is 6.41. The van der Waals surface area contributed by atoms with Crippen molar-refractivity contribution in [3.8, 4) is 5.75 Å². The van der Waals surface area contributed by atoms with Crippen LogP contribution in [0.4, 0.5) is 0 Å². The molecule has 0 aliphatic carbocycles. The molecule has 0 amide bonds. The molecular formula is C14H22N2OS2. The van der Waals surface area contributed by atoms with Crippen LogP contribution in [0.5, 0.6) is 5.75 Å². The number of nitrogens with zero attached hydrogens (tertiary/aromatic N) is 1. The summed E-state index contributed by atoms with van der Waals surface area (Å²) < 4.78 is 5.49. The minimum Gasteiger partial charge on any atom is -0.492 e. The molecule has 0 spiro atoms. The SMILES string of the molecule is CCOc1cncc(C(N)C2CSC(C)C(C)S2)c1. The second-order valence-corrected chi connectivity index (χ2v) is 7.86. The smallest absolute Gasteiger partial charge is 0.137 e. The van der Waals surface area contributed by atoms with Crippen molar-refractivity contribution in [3.05, 3.63) is 24.0 Å². The molecule has 1 aromatic rings. The van der Waals surface area contributed by atoms with Crippen LogP contribution in [-0.2, 0) is 0 Å². The Labute approximate surface area is 124 Å². The second kappa shape index (κ2) is 6.86. The maximum absolute atomic E-state index is 6.41. The normalized spacial score (nSPS) is 28.9. The average Bonchev–Trinajstić information content (AvgIpc) is 2.42. The fourth-order valence-electron chi connectivity index (χ4n) is 2.07. The van der Waals surface area contributed by atoms with Gasteiger partial charge >= 0.3 is 0 Å². The van der Waals surface area contributed by atoms with Crippen molar-refractivity contribution in [2.75, 3.05) is 12.4 Å². The standard InChI is InChI=1S/C14H22N2OS2/c1-4-17-12-5-11(6-16-7-12)14(15)13-8-18-9(2)10(3)19-13/h5-7,9-10,13-14H,4,8,15H2,1-3H3. The van der Waals surface area contributed by atoms with E-state index in [9.17, 15) is 0 Å². The summed E-state index contributed by atoms with van der Waals surface area (Å²) in [5, 5.41) is 1.81. The number of nitrogens with two attached hydrogens (primary N) is 1. The first-order valence-electron chi connectivity index (χ1n) is 6.72. The predicted octanol–water partition coefficient (Wildman–Crippen LogP) is 3.11. The van der Waals surface area contributed by atoms with Crippen molar-refractivity contribution < 1.29 is 4.74 Å². The quantitative estimate of drug-likeness (QED) is 0.925. The second-order valence-electron chi connectivity index (χ2n) is 4.83. The molecule has 2 rings (SSSR count). The van der Waals surface area contributed by atoms with Crippen LogP contribution in [0.15, 0.2) is 18.5 Å². The van der Waals surface area contributed by atoms with Gasteiger partial charge in [-0.1, -0.05) is 13.8 Å². The topological polar surface area (TPSA) is 48.1 Å². The van der Waals surface area contributed by atoms with Gasteiger partial charge in [0.2, 0.25) is 0 Å². The van der Waals surface area contributed by atoms with Crippen molar-refractivity contribution in [3.63, 3.8) is 0 Å². The van der Waals surface area contributed by atoms with Gasteiger partial charge in [-0.25, -0.2) is 0 Å². The van der Waals surface area contributed by atoms with E-state index in [1.54, 1.807) is 6.20 Å². The minimum atomic E-state index is 0.0281. The first-order chi connectivity index (χ1) is 9.11. The van der Waals surface area contributed by atoms with E-state index in [0.717, 1.165) is 17.1 Å². The van der Waals surface area contributed by atoms with Crippen molar-refractivity contribution in [2.45, 2.75) is 42.6 Å². The summed E-state index contributed by atoms with van der Waals surface area (Å²) in [4.78, 5) is 4.23. The third kappa shape index (κ3) is 3.80. The summed E-state index contributed by atoms with van der Waals surface area (Å²) in [5.41, 5.74) is 7.49. The summed E-state index contributed by atoms with van der Waals surface area (Å²) in [6.45, 7) is 7.21. The van der Waals surface area contributed by atoms with Crippen LogP contribution in [0.3, 0.4) is 0 Å². The molecule has 4 atom stereocenters. The molecule has 2 heterocycles. The Bertz CT molecular complexity index is 416. The molecule has 5 heteroatoms. The van der Waals surface area contributed by atoms with E-state index < -0.39 is 0 Å². The van der Waals surface area contributed by atoms with E-state index in [-0.39, 0.29) is 6.04 Å². The third-order valence-electron chi connectivity index (χ3n) is 3.40. The maximum Gasteiger partial charge on any atom is 0.137 e. The lowest BCUT2D eigenvalue weighted by molar-refractivity contribution is 0.338. The molecule has 1 aliphatic rings. The minimum absolute atomic E-state index is 0.0281. The number of aromatic nitrogens is 1. The van der Waals surface area contributed by atoms with Crippen molar-refractivity contribution >= 4 is 23.5 Å². The molecule has 1 aliphatic heterocycles. The van der Waals surface area contributed by atoms with Crippen LogP contribution >= 0.6 is 23.5 Å². The molecule has 19 heavy (non-hydrogen) atoms. The fourth-order valence-corrected chi connectivity index (χ4v) is 5.12. The number of thioether (sulfide) groups is 2. The third-order valence-corrected chi connectivity index (χ3v) is 6.92. The molecule has 2 N–H and O–H groups in total. The summed E-state index contributed by atoms with van der Waals surface area (Å²) in [6, 6.07) is 2.05. The molecule has 1 fully saturated rings. The Morgan fingerprint density at radius 2 is 2.21 bits per heavy atom. The molecule has 0 radical (unpaired) electrons. The number of ether oxygens (including phenoxy) is 1. The fraction of sp³-hybridized carbons (Fsp3) is 0.643. The molecule has 3 nitrogen and oxygen atoms in total. The van der Waals surface area contributed by atoms with Gasteiger partial charge in [0.15, 0.2) is 0 Å². The van der Waals surface area contributed by atoms with Crippen LogP contribution < -0.4 is 10.5 Å². The Hall–Kier alpha value is -0.390. The zero-order chi connectivity index (χ0) is 13.8. The van der Waals surface area contributed by atoms with E-state index >= 15 is 0 Å². The van der Waals surface area contributed by atoms with Gasteiger partial charge in [0.05, 0.1) is 12.8 Å². The average molecular weight is 298 g/mol. The monoisotopic (exact) mass is 298 g/mol. The molecule has 4 unspecified atom stereocenters. The van der Waals surface area contributed by atoms with Crippen molar-refractivity contribution in [2.24, 2.45) is 5.73 Å². The van der Waals surface area contributed by atoms with Crippen LogP contribution in [0.1, 0.15) is 32.4 Å². The van der Waals surface area contributed by atoms with E-state index in [2.05, 4.69) is 18.8 Å². The zero-order valence-electron chi connectivity index (χ0n) is 11.7. The Kier molecular flexibility index (Phi) is 5.42. The first-order valence-corrected chi connectivity index (χ1v) is 8.71. The summed E-state index contributed by atoms with van der Waals surface area (Å²) >= 11 is 4.02. The number of rotatable bonds is 4. The molecule has 1 saturated heterocycles. The Balaban J connectivity index is 2.06. The summed E-state index contributed by atoms with van der Waals surface area (Å²) in [6.07, 6.45) is 3.61. The lowest BCUT2D eigenvalue weighted by atomic mass is 10.1. The highest BCUT2D eigenvalue weighted by molar-refractivity contribution is 8.07. The highest BCUT2D eigenvalue weighted by atomic mass is 32.2. The van der Waals surface area contributed by atoms with E-state index in [1.807, 2.05) is 42.7 Å². The summed E-state index contributed by atoms with van der Waals surface area (Å²) in [5.74, 6) is 1.92. The van der Waals surface area contributed by atoms with E-state index in [0.29, 0.717) is 22.4 Å². The molecule has 0 bridgehead atoms. The molecule has 1 aromatic heterocycles. The lowest BCUT2D eigenvalue weighted by Gasteiger charge is -2.34. The van der Waals surface area contributed by atoms with Crippen LogP contribution in [0, 0.1) is 0 Å². The lowest BCUT2D eigenvalue weighted by Crippen LogP contribution is -2.34. The Morgan fingerprint density at radius 3 is 2.89 bits per heavy atom. The van der Waals surface area contributed by atoms with Gasteiger partial charge in [-0.05, 0) is 18.6 Å². The van der Waals surface area contributed by atoms with Crippen LogP contribution in [0.2, 0.25) is 0 Å². The van der Waals surface area contributed by atoms with Crippen molar-refractivity contribution in [1.82, 2.24) is 4.98 Å². The van der Waals surface area contributed by atoms with Crippen LogP contribution in [-0.4, -0.2) is 33.1 Å². The largest absolute Gasteiger partial charge is 0.492 e. The van der Waals surface area contributed by atoms with Gasteiger partial charge in [-0.2, -0.15) is 23.5 Å². The molecule has 0 aromatic carbocycles. The van der Waals surface area contributed by atoms with Crippen LogP contribution in [0.25, 0.3) is 0 Å². The Morgan fingerprint density at radius 1 is 1.42 bits per heavy atom. The van der Waals surface area contributed by atoms with E-state index in [4.69, 9.17) is 10.5 Å². The highest BCUT2D eigenvalue weighted by Crippen LogP contribution is 2.40. The van der Waals surface area contributed by atoms with Gasteiger partial charge in [0.25, 0.3) is 0 Å². The van der Waals surface area contributed by atoms with E-state index in [1.165, 1.54) is 0 Å². The van der Waals surface area contributed by atoms with Gasteiger partial charge in [0.1, 0.15) is 5.75 Å². The number of pyridine rings is 1. The van der Waals surface area contributed by atoms with Gasteiger partial charge in [0, 0.05) is 33.7 Å². The predicted molar refractivity (Wildman–Crippen MR) is 85.1 cm³/mol. The molecular weight excluding hydrogens is 276 g/mol. The summed E-state index contributed by atoms with van der Waals surface area (Å²) in [7, 11) is 0. The van der Waals surface area contributed by atoms with Gasteiger partial charge in [-0.3, -0.25) is 4.98 Å². The molecule has 0 saturated carbocycles. The highest BCUT2D eigenvalue weighted by Gasteiger charge is 2.30. The molecule has 106 valence electrons. The number of hydrogen-bond donors (Lipinski definition) is 1. The zero-order valence-corrected chi connectivity index (χ0v) is 13.3.